The SMILES string of the molecule is CC[C@H](N)c1ccccc1N1CCC(C)C(O)C1. The molecule has 0 radical (unpaired) electrons. The Hall–Kier alpha value is -1.06. The molecule has 0 aliphatic carbocycles. The van der Waals surface area contributed by atoms with E-state index in [9.17, 15) is 5.11 Å². The first-order valence-electron chi connectivity index (χ1n) is 6.91. The van der Waals surface area contributed by atoms with Gasteiger partial charge >= 0.3 is 0 Å². The van der Waals surface area contributed by atoms with Crippen molar-refractivity contribution in [1.29, 1.82) is 0 Å². The summed E-state index contributed by atoms with van der Waals surface area (Å²) >= 11 is 0. The summed E-state index contributed by atoms with van der Waals surface area (Å²) in [6.07, 6.45) is 1.74. The van der Waals surface area contributed by atoms with Gasteiger partial charge in [-0.05, 0) is 30.4 Å². The van der Waals surface area contributed by atoms with Crippen LogP contribution in [-0.4, -0.2) is 24.3 Å². The molecule has 0 amide bonds. The fourth-order valence-corrected chi connectivity index (χ4v) is 2.58. The first kappa shape index (κ1) is 13.4. The summed E-state index contributed by atoms with van der Waals surface area (Å²) < 4.78 is 0. The quantitative estimate of drug-likeness (QED) is 0.863. The Bertz CT molecular complexity index is 394. The van der Waals surface area contributed by atoms with Gasteiger partial charge in [0.1, 0.15) is 0 Å². The molecule has 1 aromatic carbocycles. The molecule has 2 rings (SSSR count). The minimum atomic E-state index is -0.232. The van der Waals surface area contributed by atoms with Crippen LogP contribution >= 0.6 is 0 Å². The summed E-state index contributed by atoms with van der Waals surface area (Å²) in [5, 5.41) is 10.0. The van der Waals surface area contributed by atoms with Crippen LogP contribution in [0.15, 0.2) is 24.3 Å². The molecule has 0 spiro atoms. The number of aliphatic hydroxyl groups excluding tert-OH is 1. The van der Waals surface area contributed by atoms with Crippen molar-refractivity contribution >= 4 is 5.69 Å². The van der Waals surface area contributed by atoms with Gasteiger partial charge in [0.25, 0.3) is 0 Å². The molecule has 3 nitrogen and oxygen atoms in total. The van der Waals surface area contributed by atoms with Gasteiger partial charge < -0.3 is 15.7 Å². The lowest BCUT2D eigenvalue weighted by atomic mass is 9.94. The molecule has 1 aliphatic heterocycles. The Balaban J connectivity index is 2.22. The summed E-state index contributed by atoms with van der Waals surface area (Å²) in [6, 6.07) is 8.39. The molecule has 2 unspecified atom stereocenters. The third-order valence-corrected chi connectivity index (χ3v) is 4.04. The Morgan fingerprint density at radius 1 is 1.44 bits per heavy atom. The van der Waals surface area contributed by atoms with E-state index in [-0.39, 0.29) is 12.1 Å². The van der Waals surface area contributed by atoms with E-state index in [1.165, 1.54) is 11.3 Å². The number of hydrogen-bond donors (Lipinski definition) is 2. The van der Waals surface area contributed by atoms with Crippen LogP contribution in [0.1, 0.15) is 38.3 Å². The van der Waals surface area contributed by atoms with Crippen molar-refractivity contribution in [3.05, 3.63) is 29.8 Å². The van der Waals surface area contributed by atoms with Gasteiger partial charge in [-0.3, -0.25) is 0 Å². The molecule has 100 valence electrons. The maximum absolute atomic E-state index is 10.0. The lowest BCUT2D eigenvalue weighted by molar-refractivity contribution is 0.103. The highest BCUT2D eigenvalue weighted by atomic mass is 16.3. The average molecular weight is 248 g/mol. The number of piperidine rings is 1. The number of benzene rings is 1. The van der Waals surface area contributed by atoms with Gasteiger partial charge in [0.05, 0.1) is 6.10 Å². The molecular weight excluding hydrogens is 224 g/mol. The van der Waals surface area contributed by atoms with E-state index >= 15 is 0 Å². The van der Waals surface area contributed by atoms with Crippen LogP contribution in [0.4, 0.5) is 5.69 Å². The van der Waals surface area contributed by atoms with Gasteiger partial charge in [0.15, 0.2) is 0 Å². The minimum absolute atomic E-state index is 0.0812. The lowest BCUT2D eigenvalue weighted by Gasteiger charge is -2.37. The molecule has 1 fully saturated rings. The normalized spacial score (nSPS) is 26.1. The molecule has 0 saturated carbocycles. The van der Waals surface area contributed by atoms with E-state index in [0.717, 1.165) is 19.4 Å². The van der Waals surface area contributed by atoms with Crippen LogP contribution in [-0.2, 0) is 0 Å². The van der Waals surface area contributed by atoms with Gasteiger partial charge in [-0.15, -0.1) is 0 Å². The fraction of sp³-hybridized carbons (Fsp3) is 0.600. The predicted octanol–water partition coefficient (Wildman–Crippen LogP) is 2.30. The van der Waals surface area contributed by atoms with Crippen LogP contribution in [0.25, 0.3) is 0 Å². The Morgan fingerprint density at radius 3 is 2.83 bits per heavy atom. The third kappa shape index (κ3) is 2.68. The molecule has 3 N–H and O–H groups in total. The van der Waals surface area contributed by atoms with Crippen molar-refractivity contribution in [2.24, 2.45) is 11.7 Å². The average Bonchev–Trinajstić information content (AvgIpc) is 2.41. The highest BCUT2D eigenvalue weighted by Gasteiger charge is 2.26. The monoisotopic (exact) mass is 248 g/mol. The molecule has 0 aromatic heterocycles. The van der Waals surface area contributed by atoms with Gasteiger partial charge in [-0.25, -0.2) is 0 Å². The predicted molar refractivity (Wildman–Crippen MR) is 75.7 cm³/mol. The number of rotatable bonds is 3. The minimum Gasteiger partial charge on any atom is -0.391 e. The van der Waals surface area contributed by atoms with Crippen molar-refractivity contribution in [2.45, 2.75) is 38.8 Å². The van der Waals surface area contributed by atoms with Crippen molar-refractivity contribution in [3.63, 3.8) is 0 Å². The summed E-state index contributed by atoms with van der Waals surface area (Å²) in [7, 11) is 0. The van der Waals surface area contributed by atoms with E-state index in [4.69, 9.17) is 5.73 Å². The molecule has 3 atom stereocenters. The number of aliphatic hydroxyl groups is 1. The van der Waals surface area contributed by atoms with Crippen LogP contribution in [0.2, 0.25) is 0 Å². The number of β-amino-alcohol motifs (C(OH)–C–C–N with tert-alkyl or cyclic N) is 1. The molecule has 1 heterocycles. The van der Waals surface area contributed by atoms with Crippen LogP contribution in [0.5, 0.6) is 0 Å². The molecule has 0 bridgehead atoms. The number of anilines is 1. The van der Waals surface area contributed by atoms with Gasteiger partial charge in [0, 0.05) is 24.8 Å². The molecule has 3 heteroatoms. The maximum atomic E-state index is 10.0. The zero-order valence-corrected chi connectivity index (χ0v) is 11.3. The van der Waals surface area contributed by atoms with Crippen molar-refractivity contribution < 1.29 is 5.11 Å². The van der Waals surface area contributed by atoms with Gasteiger partial charge in [0.2, 0.25) is 0 Å². The topological polar surface area (TPSA) is 49.5 Å². The van der Waals surface area contributed by atoms with Crippen molar-refractivity contribution in [3.8, 4) is 0 Å². The fourth-order valence-electron chi connectivity index (χ4n) is 2.58. The molecule has 1 saturated heterocycles. The second kappa shape index (κ2) is 5.72. The summed E-state index contributed by atoms with van der Waals surface area (Å²) in [4.78, 5) is 2.27. The van der Waals surface area contributed by atoms with Crippen LogP contribution < -0.4 is 10.6 Å². The van der Waals surface area contributed by atoms with Crippen LogP contribution in [0.3, 0.4) is 0 Å². The van der Waals surface area contributed by atoms with Crippen molar-refractivity contribution in [2.75, 3.05) is 18.0 Å². The Kier molecular flexibility index (Phi) is 4.25. The van der Waals surface area contributed by atoms with E-state index in [1.54, 1.807) is 0 Å². The van der Waals surface area contributed by atoms with E-state index < -0.39 is 0 Å². The maximum Gasteiger partial charge on any atom is 0.0741 e. The van der Waals surface area contributed by atoms with E-state index in [2.05, 4.69) is 30.9 Å². The number of hydrogen-bond acceptors (Lipinski definition) is 3. The Labute approximate surface area is 110 Å². The molecule has 1 aromatic rings. The highest BCUT2D eigenvalue weighted by Crippen LogP contribution is 2.30. The second-order valence-corrected chi connectivity index (χ2v) is 5.35. The summed E-state index contributed by atoms with van der Waals surface area (Å²) in [6.45, 7) is 5.94. The van der Waals surface area contributed by atoms with E-state index in [1.807, 2.05) is 12.1 Å². The zero-order valence-electron chi connectivity index (χ0n) is 11.3. The molecule has 1 aliphatic rings. The second-order valence-electron chi connectivity index (χ2n) is 5.35. The Morgan fingerprint density at radius 2 is 2.17 bits per heavy atom. The highest BCUT2D eigenvalue weighted by molar-refractivity contribution is 5.55. The summed E-state index contributed by atoms with van der Waals surface area (Å²) in [5.74, 6) is 0.397. The van der Waals surface area contributed by atoms with Gasteiger partial charge in [-0.2, -0.15) is 0 Å². The van der Waals surface area contributed by atoms with Crippen molar-refractivity contribution in [1.82, 2.24) is 0 Å². The third-order valence-electron chi connectivity index (χ3n) is 4.04. The first-order valence-corrected chi connectivity index (χ1v) is 6.91. The smallest absolute Gasteiger partial charge is 0.0741 e. The number of para-hydroxylation sites is 1. The standard InChI is InChI=1S/C15H24N2O/c1-3-13(16)12-6-4-5-7-14(12)17-9-8-11(2)15(18)10-17/h4-7,11,13,15,18H,3,8-10,16H2,1-2H3/t11?,13-,15?/m0/s1. The number of nitrogens with zero attached hydrogens (tertiary/aromatic N) is 1. The lowest BCUT2D eigenvalue weighted by Crippen LogP contribution is -2.43. The largest absolute Gasteiger partial charge is 0.391 e. The van der Waals surface area contributed by atoms with Gasteiger partial charge in [-0.1, -0.05) is 32.0 Å². The van der Waals surface area contributed by atoms with E-state index in [0.29, 0.717) is 12.5 Å². The first-order chi connectivity index (χ1) is 8.63. The molecular formula is C15H24N2O. The molecule has 18 heavy (non-hydrogen) atoms. The summed E-state index contributed by atoms with van der Waals surface area (Å²) in [5.41, 5.74) is 8.56. The van der Waals surface area contributed by atoms with Crippen LogP contribution in [0, 0.1) is 5.92 Å². The zero-order chi connectivity index (χ0) is 13.1. The number of nitrogens with two attached hydrogens (primary N) is 1.